The number of nitro groups is 1. The molecule has 0 saturated carbocycles. The number of nitrogens with one attached hydrogen (secondary N) is 1. The third-order valence-electron chi connectivity index (χ3n) is 4.58. The summed E-state index contributed by atoms with van der Waals surface area (Å²) in [5.41, 5.74) is 0.508. The van der Waals surface area contributed by atoms with Gasteiger partial charge in [0.2, 0.25) is 10.0 Å². The highest BCUT2D eigenvalue weighted by Crippen LogP contribution is 2.32. The number of carbonyl (C=O) groups excluding carboxylic acids is 1. The van der Waals surface area contributed by atoms with Crippen LogP contribution in [0.3, 0.4) is 0 Å². The van der Waals surface area contributed by atoms with E-state index >= 15 is 0 Å². The average Bonchev–Trinajstić information content (AvgIpc) is 2.75. The second kappa shape index (κ2) is 10.6. The van der Waals surface area contributed by atoms with Crippen LogP contribution in [0.15, 0.2) is 35.2 Å². The Morgan fingerprint density at radius 1 is 1.19 bits per heavy atom. The minimum absolute atomic E-state index is 0.221. The van der Waals surface area contributed by atoms with Crippen LogP contribution in [0.2, 0.25) is 5.02 Å². The Morgan fingerprint density at radius 2 is 1.84 bits per heavy atom. The number of sulfonamides is 1. The molecule has 32 heavy (non-hydrogen) atoms. The van der Waals surface area contributed by atoms with Crippen molar-refractivity contribution in [2.24, 2.45) is 0 Å². The Balaban J connectivity index is 2.22. The first-order chi connectivity index (χ1) is 15.0. The molecule has 174 valence electrons. The number of nitro benzene ring substituents is 1. The van der Waals surface area contributed by atoms with E-state index in [0.29, 0.717) is 22.0 Å². The highest BCUT2D eigenvalue weighted by Gasteiger charge is 2.26. The molecule has 0 aliphatic carbocycles. The number of hydrogen-bond donors (Lipinski definition) is 1. The summed E-state index contributed by atoms with van der Waals surface area (Å²) in [7, 11) is -2.47. The molecule has 2 rings (SSSR count). The van der Waals surface area contributed by atoms with Crippen molar-refractivity contribution in [2.75, 3.05) is 32.1 Å². The second-order valence-corrected chi connectivity index (χ2v) is 8.96. The molecule has 0 fully saturated rings. The number of benzene rings is 2. The van der Waals surface area contributed by atoms with E-state index < -0.39 is 33.1 Å². The Labute approximate surface area is 191 Å². The molecule has 1 amide bonds. The maximum atomic E-state index is 12.6. The van der Waals surface area contributed by atoms with Crippen LogP contribution < -0.4 is 14.8 Å². The van der Waals surface area contributed by atoms with Gasteiger partial charge in [0.1, 0.15) is 5.75 Å². The lowest BCUT2D eigenvalue weighted by Crippen LogP contribution is -2.30. The van der Waals surface area contributed by atoms with Gasteiger partial charge in [-0.1, -0.05) is 25.4 Å². The average molecular weight is 486 g/mol. The summed E-state index contributed by atoms with van der Waals surface area (Å²) < 4.78 is 37.0. The van der Waals surface area contributed by atoms with E-state index in [0.717, 1.165) is 12.1 Å². The van der Waals surface area contributed by atoms with Gasteiger partial charge in [-0.05, 0) is 30.7 Å². The fourth-order valence-electron chi connectivity index (χ4n) is 2.89. The molecule has 0 aliphatic heterocycles. The second-order valence-electron chi connectivity index (χ2n) is 6.61. The lowest BCUT2D eigenvalue weighted by atomic mass is 10.2. The molecule has 1 N–H and O–H groups in total. The smallest absolute Gasteiger partial charge is 0.312 e. The number of ether oxygens (including phenoxy) is 2. The monoisotopic (exact) mass is 485 g/mol. The number of halogens is 1. The quantitative estimate of drug-likeness (QED) is 0.402. The van der Waals surface area contributed by atoms with Crippen LogP contribution in [-0.2, 0) is 14.8 Å². The van der Waals surface area contributed by atoms with E-state index in [1.807, 2.05) is 0 Å². The van der Waals surface area contributed by atoms with E-state index in [4.69, 9.17) is 21.1 Å². The molecule has 2 aromatic rings. The molecular formula is C20H24ClN3O7S. The molecule has 0 atom stereocenters. The number of carbonyl (C=O) groups is 1. The van der Waals surface area contributed by atoms with Crippen molar-refractivity contribution in [1.29, 1.82) is 0 Å². The number of aryl methyl sites for hydroxylation is 1. The van der Waals surface area contributed by atoms with Crippen molar-refractivity contribution in [2.45, 2.75) is 25.7 Å². The van der Waals surface area contributed by atoms with Crippen molar-refractivity contribution in [3.8, 4) is 11.5 Å². The van der Waals surface area contributed by atoms with Crippen LogP contribution in [-0.4, -0.2) is 50.4 Å². The van der Waals surface area contributed by atoms with E-state index in [-0.39, 0.29) is 23.7 Å². The number of hydrogen-bond acceptors (Lipinski definition) is 7. The molecule has 0 radical (unpaired) electrons. The van der Waals surface area contributed by atoms with Gasteiger partial charge in [0.25, 0.3) is 5.91 Å². The van der Waals surface area contributed by atoms with Crippen LogP contribution in [0, 0.1) is 17.0 Å². The SMILES string of the molecule is CCN(CC)S(=O)(=O)c1ccc(OCC(=O)Nc2cc(C)c(Cl)cc2OC)c([N+](=O)[O-])c1. The third-order valence-corrected chi connectivity index (χ3v) is 7.04. The zero-order chi connectivity index (χ0) is 24.1. The van der Waals surface area contributed by atoms with Crippen molar-refractivity contribution in [3.63, 3.8) is 0 Å². The molecule has 0 aromatic heterocycles. The molecule has 0 heterocycles. The first kappa shape index (κ1) is 25.4. The number of anilines is 1. The summed E-state index contributed by atoms with van der Waals surface area (Å²) in [6.45, 7) is 4.99. The molecule has 0 aliphatic rings. The van der Waals surface area contributed by atoms with Crippen molar-refractivity contribution in [1.82, 2.24) is 4.31 Å². The maximum absolute atomic E-state index is 12.6. The third kappa shape index (κ3) is 5.67. The molecule has 2 aromatic carbocycles. The minimum atomic E-state index is -3.89. The highest BCUT2D eigenvalue weighted by atomic mass is 35.5. The van der Waals surface area contributed by atoms with Crippen molar-refractivity contribution >= 4 is 38.9 Å². The van der Waals surface area contributed by atoms with Gasteiger partial charge in [-0.15, -0.1) is 0 Å². The first-order valence-electron chi connectivity index (χ1n) is 9.60. The van der Waals surface area contributed by atoms with Crippen LogP contribution in [0.5, 0.6) is 11.5 Å². The number of amides is 1. The molecular weight excluding hydrogens is 462 g/mol. The fourth-order valence-corrected chi connectivity index (χ4v) is 4.53. The Kier molecular flexibility index (Phi) is 8.42. The minimum Gasteiger partial charge on any atom is -0.495 e. The Bertz CT molecular complexity index is 1120. The first-order valence-corrected chi connectivity index (χ1v) is 11.4. The zero-order valence-electron chi connectivity index (χ0n) is 18.0. The summed E-state index contributed by atoms with van der Waals surface area (Å²) in [5.74, 6) is -0.493. The number of nitrogens with zero attached hydrogens (tertiary/aromatic N) is 2. The molecule has 0 bridgehead atoms. The van der Waals surface area contributed by atoms with Crippen LogP contribution >= 0.6 is 11.6 Å². The largest absolute Gasteiger partial charge is 0.495 e. The van der Waals surface area contributed by atoms with Gasteiger partial charge in [-0.25, -0.2) is 8.42 Å². The van der Waals surface area contributed by atoms with Crippen molar-refractivity contribution in [3.05, 3.63) is 51.0 Å². The molecule has 0 saturated heterocycles. The van der Waals surface area contributed by atoms with Gasteiger partial charge in [0.15, 0.2) is 12.4 Å². The highest BCUT2D eigenvalue weighted by molar-refractivity contribution is 7.89. The standard InChI is InChI=1S/C20H24ClN3O7S/c1-5-23(6-2)32(28,29)14-7-8-18(17(10-14)24(26)27)31-12-20(25)22-16-9-13(3)15(21)11-19(16)30-4/h7-11H,5-6,12H2,1-4H3,(H,22,25). The fraction of sp³-hybridized carbons (Fsp3) is 0.350. The normalized spacial score (nSPS) is 11.3. The Hall–Kier alpha value is -2.89. The van der Waals surface area contributed by atoms with Crippen LogP contribution in [0.1, 0.15) is 19.4 Å². The summed E-state index contributed by atoms with van der Waals surface area (Å²) in [4.78, 5) is 22.8. The maximum Gasteiger partial charge on any atom is 0.312 e. The predicted molar refractivity (Wildman–Crippen MR) is 120 cm³/mol. The van der Waals surface area contributed by atoms with Crippen LogP contribution in [0.25, 0.3) is 0 Å². The van der Waals surface area contributed by atoms with E-state index in [2.05, 4.69) is 5.32 Å². The van der Waals surface area contributed by atoms with E-state index in [1.165, 1.54) is 17.5 Å². The van der Waals surface area contributed by atoms with Crippen LogP contribution in [0.4, 0.5) is 11.4 Å². The topological polar surface area (TPSA) is 128 Å². The molecule has 10 nitrogen and oxygen atoms in total. The summed E-state index contributed by atoms with van der Waals surface area (Å²) in [6.07, 6.45) is 0. The van der Waals surface area contributed by atoms with E-state index in [9.17, 15) is 23.3 Å². The van der Waals surface area contributed by atoms with Gasteiger partial charge < -0.3 is 14.8 Å². The van der Waals surface area contributed by atoms with Gasteiger partial charge >= 0.3 is 5.69 Å². The van der Waals surface area contributed by atoms with Gasteiger partial charge in [0.05, 0.1) is 22.6 Å². The lowest BCUT2D eigenvalue weighted by Gasteiger charge is -2.18. The predicted octanol–water partition coefficient (Wildman–Crippen LogP) is 3.61. The summed E-state index contributed by atoms with van der Waals surface area (Å²) in [5, 5.41) is 14.5. The molecule has 0 unspecified atom stereocenters. The number of rotatable bonds is 10. The summed E-state index contributed by atoms with van der Waals surface area (Å²) in [6, 6.07) is 6.46. The number of methoxy groups -OCH3 is 1. The zero-order valence-corrected chi connectivity index (χ0v) is 19.6. The molecule has 0 spiro atoms. The van der Waals surface area contributed by atoms with Gasteiger partial charge in [-0.2, -0.15) is 4.31 Å². The van der Waals surface area contributed by atoms with Gasteiger partial charge in [0, 0.05) is 30.2 Å². The summed E-state index contributed by atoms with van der Waals surface area (Å²) >= 11 is 6.05. The van der Waals surface area contributed by atoms with E-state index in [1.54, 1.807) is 32.9 Å². The Morgan fingerprint density at radius 3 is 2.41 bits per heavy atom. The lowest BCUT2D eigenvalue weighted by molar-refractivity contribution is -0.386. The molecule has 12 heteroatoms. The van der Waals surface area contributed by atoms with Gasteiger partial charge in [-0.3, -0.25) is 14.9 Å². The van der Waals surface area contributed by atoms with Crippen molar-refractivity contribution < 1.29 is 27.6 Å².